The van der Waals surface area contributed by atoms with Crippen molar-refractivity contribution in [3.8, 4) is 0 Å². The molecule has 5 heteroatoms. The van der Waals surface area contributed by atoms with Crippen LogP contribution in [-0.4, -0.2) is 46.7 Å². The lowest BCUT2D eigenvalue weighted by atomic mass is 9.99. The Hall–Kier alpha value is -1.04. The van der Waals surface area contributed by atoms with Crippen LogP contribution in [0.4, 0.5) is 0 Å². The summed E-state index contributed by atoms with van der Waals surface area (Å²) in [6.07, 6.45) is -0.439. The highest BCUT2D eigenvalue weighted by molar-refractivity contribution is 5.92. The van der Waals surface area contributed by atoms with E-state index in [1.807, 2.05) is 0 Å². The van der Waals surface area contributed by atoms with Crippen LogP contribution in [0.15, 0.2) is 12.7 Å². The SMILES string of the molecule is C=CCCC(=O)C(O)C(O)C(=O)CCC1CO1. The van der Waals surface area contributed by atoms with Gasteiger partial charge < -0.3 is 14.9 Å². The van der Waals surface area contributed by atoms with Gasteiger partial charge in [-0.3, -0.25) is 9.59 Å². The fourth-order valence-electron chi connectivity index (χ4n) is 1.43. The van der Waals surface area contributed by atoms with Crippen molar-refractivity contribution in [1.82, 2.24) is 0 Å². The number of aliphatic hydroxyl groups is 2. The summed E-state index contributed by atoms with van der Waals surface area (Å²) in [5.41, 5.74) is 0. The largest absolute Gasteiger partial charge is 0.382 e. The second-order valence-corrected chi connectivity index (χ2v) is 4.14. The maximum absolute atomic E-state index is 11.5. The molecule has 0 spiro atoms. The van der Waals surface area contributed by atoms with E-state index in [0.29, 0.717) is 19.4 Å². The first-order valence-electron chi connectivity index (χ1n) is 5.70. The topological polar surface area (TPSA) is 87.1 Å². The quantitative estimate of drug-likeness (QED) is 0.438. The average Bonchev–Trinajstić information content (AvgIpc) is 3.14. The van der Waals surface area contributed by atoms with Gasteiger partial charge in [-0.2, -0.15) is 0 Å². The third-order valence-electron chi connectivity index (χ3n) is 2.67. The molecule has 1 fully saturated rings. The fraction of sp³-hybridized carbons (Fsp3) is 0.667. The normalized spacial score (nSPS) is 21.6. The van der Waals surface area contributed by atoms with Crippen LogP contribution in [0, 0.1) is 0 Å². The minimum absolute atomic E-state index is 0.0841. The van der Waals surface area contributed by atoms with Crippen molar-refractivity contribution in [1.29, 1.82) is 0 Å². The number of epoxide rings is 1. The number of aliphatic hydroxyl groups excluding tert-OH is 2. The van der Waals surface area contributed by atoms with Crippen LogP contribution in [0.3, 0.4) is 0 Å². The molecule has 5 nitrogen and oxygen atoms in total. The number of allylic oxidation sites excluding steroid dienone is 1. The highest BCUT2D eigenvalue weighted by Gasteiger charge is 2.31. The molecule has 0 saturated carbocycles. The summed E-state index contributed by atoms with van der Waals surface area (Å²) in [5, 5.41) is 19.0. The lowest BCUT2D eigenvalue weighted by Gasteiger charge is -2.15. The molecule has 0 aliphatic carbocycles. The third kappa shape index (κ3) is 4.77. The smallest absolute Gasteiger partial charge is 0.164 e. The van der Waals surface area contributed by atoms with E-state index < -0.39 is 23.8 Å². The van der Waals surface area contributed by atoms with E-state index in [1.54, 1.807) is 6.08 Å². The van der Waals surface area contributed by atoms with Gasteiger partial charge in [0.25, 0.3) is 0 Å². The van der Waals surface area contributed by atoms with Gasteiger partial charge in [0.2, 0.25) is 0 Å². The molecule has 0 amide bonds. The Balaban J connectivity index is 2.31. The zero-order valence-electron chi connectivity index (χ0n) is 9.67. The van der Waals surface area contributed by atoms with E-state index in [2.05, 4.69) is 6.58 Å². The first kappa shape index (κ1) is 14.0. The van der Waals surface area contributed by atoms with Crippen molar-refractivity contribution in [3.63, 3.8) is 0 Å². The molecule has 3 unspecified atom stereocenters. The molecular formula is C12H18O5. The Bertz CT molecular complexity index is 295. The second kappa shape index (κ2) is 6.64. The Kier molecular flexibility index (Phi) is 5.47. The van der Waals surface area contributed by atoms with Gasteiger partial charge in [0.05, 0.1) is 12.7 Å². The maximum Gasteiger partial charge on any atom is 0.164 e. The fourth-order valence-corrected chi connectivity index (χ4v) is 1.43. The summed E-state index contributed by atoms with van der Waals surface area (Å²) in [6, 6.07) is 0. The molecule has 0 aromatic carbocycles. The maximum atomic E-state index is 11.5. The van der Waals surface area contributed by atoms with Crippen molar-refractivity contribution in [2.24, 2.45) is 0 Å². The minimum atomic E-state index is -1.62. The van der Waals surface area contributed by atoms with E-state index >= 15 is 0 Å². The number of carbonyl (C=O) groups excluding carboxylic acids is 2. The van der Waals surface area contributed by atoms with Crippen molar-refractivity contribution in [2.75, 3.05) is 6.61 Å². The van der Waals surface area contributed by atoms with E-state index in [4.69, 9.17) is 4.74 Å². The molecule has 3 atom stereocenters. The van der Waals surface area contributed by atoms with E-state index in [9.17, 15) is 19.8 Å². The molecule has 1 heterocycles. The molecule has 2 N–H and O–H groups in total. The van der Waals surface area contributed by atoms with Gasteiger partial charge in [-0.05, 0) is 12.8 Å². The van der Waals surface area contributed by atoms with Crippen LogP contribution in [0.5, 0.6) is 0 Å². The number of carbonyl (C=O) groups is 2. The molecule has 1 aliphatic rings. The first-order valence-corrected chi connectivity index (χ1v) is 5.70. The number of rotatable bonds is 9. The molecule has 17 heavy (non-hydrogen) atoms. The van der Waals surface area contributed by atoms with Gasteiger partial charge in [-0.1, -0.05) is 6.08 Å². The number of hydrogen-bond acceptors (Lipinski definition) is 5. The summed E-state index contributed by atoms with van der Waals surface area (Å²) in [6.45, 7) is 4.09. The average molecular weight is 242 g/mol. The molecule has 1 saturated heterocycles. The molecule has 0 radical (unpaired) electrons. The highest BCUT2D eigenvalue weighted by atomic mass is 16.6. The zero-order chi connectivity index (χ0) is 12.8. The zero-order valence-corrected chi connectivity index (χ0v) is 9.67. The second-order valence-electron chi connectivity index (χ2n) is 4.14. The molecule has 96 valence electrons. The molecule has 0 aromatic heterocycles. The minimum Gasteiger partial charge on any atom is -0.382 e. The van der Waals surface area contributed by atoms with E-state index in [1.165, 1.54) is 0 Å². The van der Waals surface area contributed by atoms with Crippen LogP contribution < -0.4 is 0 Å². The van der Waals surface area contributed by atoms with Gasteiger partial charge in [-0.25, -0.2) is 0 Å². The molecular weight excluding hydrogens is 224 g/mol. The predicted molar refractivity (Wildman–Crippen MR) is 60.4 cm³/mol. The Labute approximate surface area is 100 Å². The monoisotopic (exact) mass is 242 g/mol. The third-order valence-corrected chi connectivity index (χ3v) is 2.67. The number of hydrogen-bond donors (Lipinski definition) is 2. The van der Waals surface area contributed by atoms with Crippen molar-refractivity contribution < 1.29 is 24.5 Å². The molecule has 1 aliphatic heterocycles. The van der Waals surface area contributed by atoms with Crippen molar-refractivity contribution in [2.45, 2.75) is 44.0 Å². The number of ether oxygens (including phenoxy) is 1. The Morgan fingerprint density at radius 1 is 1.29 bits per heavy atom. The van der Waals surface area contributed by atoms with E-state index in [-0.39, 0.29) is 18.9 Å². The summed E-state index contributed by atoms with van der Waals surface area (Å²) in [4.78, 5) is 22.8. The van der Waals surface area contributed by atoms with Crippen LogP contribution in [-0.2, 0) is 14.3 Å². The van der Waals surface area contributed by atoms with E-state index in [0.717, 1.165) is 0 Å². The highest BCUT2D eigenvalue weighted by Crippen LogP contribution is 2.16. The standard InChI is InChI=1S/C12H18O5/c1-2-3-4-9(13)11(15)12(16)10(14)6-5-8-7-17-8/h2,8,11-12,15-16H,1,3-7H2. The summed E-state index contributed by atoms with van der Waals surface area (Å²) < 4.78 is 4.93. The molecule has 0 bridgehead atoms. The summed E-state index contributed by atoms with van der Waals surface area (Å²) in [7, 11) is 0. The van der Waals surface area contributed by atoms with Gasteiger partial charge >= 0.3 is 0 Å². The Morgan fingerprint density at radius 3 is 2.29 bits per heavy atom. The van der Waals surface area contributed by atoms with Crippen LogP contribution in [0.2, 0.25) is 0 Å². The summed E-state index contributed by atoms with van der Waals surface area (Å²) in [5.74, 6) is -1.05. The first-order chi connectivity index (χ1) is 8.06. The molecule has 1 rings (SSSR count). The van der Waals surface area contributed by atoms with Gasteiger partial charge in [0.15, 0.2) is 11.6 Å². The predicted octanol–water partition coefficient (Wildman–Crippen LogP) is -0.00840. The Morgan fingerprint density at radius 2 is 1.82 bits per heavy atom. The lowest BCUT2D eigenvalue weighted by Crippen LogP contribution is -2.39. The summed E-state index contributed by atoms with van der Waals surface area (Å²) >= 11 is 0. The molecule has 0 aromatic rings. The lowest BCUT2D eigenvalue weighted by molar-refractivity contribution is -0.143. The van der Waals surface area contributed by atoms with Gasteiger partial charge in [0.1, 0.15) is 12.2 Å². The van der Waals surface area contributed by atoms with Crippen molar-refractivity contribution in [3.05, 3.63) is 12.7 Å². The number of Topliss-reactive ketones (excluding diaryl/α,β-unsaturated/α-hetero) is 2. The van der Waals surface area contributed by atoms with Crippen molar-refractivity contribution >= 4 is 11.6 Å². The van der Waals surface area contributed by atoms with Crippen LogP contribution in [0.1, 0.15) is 25.7 Å². The van der Waals surface area contributed by atoms with Gasteiger partial charge in [0, 0.05) is 12.8 Å². The van der Waals surface area contributed by atoms with Gasteiger partial charge in [-0.15, -0.1) is 6.58 Å². The number of ketones is 2. The van der Waals surface area contributed by atoms with Crippen LogP contribution >= 0.6 is 0 Å². The van der Waals surface area contributed by atoms with Crippen LogP contribution in [0.25, 0.3) is 0 Å².